The summed E-state index contributed by atoms with van der Waals surface area (Å²) in [5.41, 5.74) is 1.75. The van der Waals surface area contributed by atoms with Crippen LogP contribution < -0.4 is 5.32 Å². The molecular weight excluding hydrogens is 351 g/mol. The number of ether oxygens (including phenoxy) is 1. The highest BCUT2D eigenvalue weighted by molar-refractivity contribution is 6.04. The number of imide groups is 1. The molecule has 1 atom stereocenters. The lowest BCUT2D eigenvalue weighted by atomic mass is 10.1. The summed E-state index contributed by atoms with van der Waals surface area (Å²) < 4.78 is 18.4. The summed E-state index contributed by atoms with van der Waals surface area (Å²) in [4.78, 5) is 37.9. The molecule has 0 radical (unpaired) electrons. The summed E-state index contributed by atoms with van der Waals surface area (Å²) in [6.45, 7) is 1.67. The molecule has 3 rings (SSSR count). The van der Waals surface area contributed by atoms with Crippen molar-refractivity contribution in [3.63, 3.8) is 0 Å². The number of benzene rings is 2. The van der Waals surface area contributed by atoms with Crippen LogP contribution in [-0.2, 0) is 20.9 Å². The highest BCUT2D eigenvalue weighted by atomic mass is 19.1. The van der Waals surface area contributed by atoms with E-state index in [1.807, 2.05) is 18.2 Å². The van der Waals surface area contributed by atoms with Crippen LogP contribution in [0.5, 0.6) is 0 Å². The Labute approximate surface area is 155 Å². The second-order valence-electron chi connectivity index (χ2n) is 6.31. The molecule has 0 aliphatic carbocycles. The molecule has 7 heteroatoms. The number of likely N-dealkylation sites (tertiary alicyclic amines) is 1. The van der Waals surface area contributed by atoms with Crippen LogP contribution in [0.4, 0.5) is 14.9 Å². The van der Waals surface area contributed by atoms with Crippen molar-refractivity contribution in [1.82, 2.24) is 4.90 Å². The monoisotopic (exact) mass is 370 g/mol. The lowest BCUT2D eigenvalue weighted by molar-refractivity contribution is -0.131. The van der Waals surface area contributed by atoms with Gasteiger partial charge in [0, 0.05) is 12.1 Å². The molecule has 1 aliphatic heterocycles. The minimum atomic E-state index is -0.953. The number of amides is 3. The van der Waals surface area contributed by atoms with E-state index in [9.17, 15) is 18.8 Å². The van der Waals surface area contributed by atoms with E-state index < -0.39 is 29.8 Å². The van der Waals surface area contributed by atoms with Gasteiger partial charge in [-0.3, -0.25) is 9.59 Å². The van der Waals surface area contributed by atoms with Crippen LogP contribution in [0.25, 0.3) is 0 Å². The average Bonchev–Trinajstić information content (AvgIpc) is 3.04. The Balaban J connectivity index is 1.67. The largest absolute Gasteiger partial charge is 0.444 e. The van der Waals surface area contributed by atoms with Gasteiger partial charge in [0.1, 0.15) is 18.5 Å². The Morgan fingerprint density at radius 3 is 2.67 bits per heavy atom. The van der Waals surface area contributed by atoms with Crippen LogP contribution in [0, 0.1) is 12.7 Å². The SMILES string of the molecule is Cc1cc(F)ccc1NC(=O)[C@@H]1CCC(=O)N1C(=O)OCc1ccccc1. The zero-order valence-corrected chi connectivity index (χ0v) is 14.8. The minimum absolute atomic E-state index is 0.00879. The minimum Gasteiger partial charge on any atom is -0.444 e. The Bertz CT molecular complexity index is 870. The Morgan fingerprint density at radius 2 is 1.96 bits per heavy atom. The molecule has 6 nitrogen and oxygen atoms in total. The summed E-state index contributed by atoms with van der Waals surface area (Å²) in [7, 11) is 0. The summed E-state index contributed by atoms with van der Waals surface area (Å²) in [6.07, 6.45) is -0.552. The van der Waals surface area contributed by atoms with E-state index in [1.165, 1.54) is 18.2 Å². The van der Waals surface area contributed by atoms with Gasteiger partial charge in [0.2, 0.25) is 11.8 Å². The molecule has 0 saturated carbocycles. The van der Waals surface area contributed by atoms with E-state index in [2.05, 4.69) is 5.32 Å². The van der Waals surface area contributed by atoms with Crippen molar-refractivity contribution < 1.29 is 23.5 Å². The molecule has 0 unspecified atom stereocenters. The third kappa shape index (κ3) is 4.31. The van der Waals surface area contributed by atoms with Gasteiger partial charge < -0.3 is 10.1 Å². The average molecular weight is 370 g/mol. The highest BCUT2D eigenvalue weighted by Crippen LogP contribution is 2.23. The number of hydrogen-bond acceptors (Lipinski definition) is 4. The molecule has 0 bridgehead atoms. The van der Waals surface area contributed by atoms with Crippen LogP contribution in [0.15, 0.2) is 48.5 Å². The van der Waals surface area contributed by atoms with Crippen molar-refractivity contribution in [3.8, 4) is 0 Å². The fourth-order valence-corrected chi connectivity index (χ4v) is 2.93. The maximum absolute atomic E-state index is 13.2. The van der Waals surface area contributed by atoms with Crippen LogP contribution in [0.1, 0.15) is 24.0 Å². The molecule has 1 saturated heterocycles. The fraction of sp³-hybridized carbons (Fsp3) is 0.250. The molecule has 2 aromatic carbocycles. The van der Waals surface area contributed by atoms with E-state index in [4.69, 9.17) is 4.74 Å². The van der Waals surface area contributed by atoms with Crippen LogP contribution in [0.3, 0.4) is 0 Å². The molecule has 1 aliphatic rings. The summed E-state index contributed by atoms with van der Waals surface area (Å²) in [5.74, 6) is -1.37. The third-order valence-corrected chi connectivity index (χ3v) is 4.36. The van der Waals surface area contributed by atoms with E-state index in [0.717, 1.165) is 10.5 Å². The zero-order chi connectivity index (χ0) is 19.4. The first-order valence-electron chi connectivity index (χ1n) is 8.55. The standard InChI is InChI=1S/C20H19FN2O4/c1-13-11-15(21)7-8-16(13)22-19(25)17-9-10-18(24)23(17)20(26)27-12-14-5-3-2-4-6-14/h2-8,11,17H,9-10,12H2,1H3,(H,22,25)/t17-/m0/s1. The van der Waals surface area contributed by atoms with E-state index in [0.29, 0.717) is 11.3 Å². The molecule has 27 heavy (non-hydrogen) atoms. The molecule has 1 fully saturated rings. The predicted molar refractivity (Wildman–Crippen MR) is 96.3 cm³/mol. The van der Waals surface area contributed by atoms with Gasteiger partial charge in [-0.1, -0.05) is 30.3 Å². The van der Waals surface area contributed by atoms with Gasteiger partial charge in [0.15, 0.2) is 0 Å². The lowest BCUT2D eigenvalue weighted by Gasteiger charge is -2.22. The van der Waals surface area contributed by atoms with Crippen molar-refractivity contribution in [2.24, 2.45) is 0 Å². The van der Waals surface area contributed by atoms with Crippen molar-refractivity contribution in [2.45, 2.75) is 32.4 Å². The third-order valence-electron chi connectivity index (χ3n) is 4.36. The van der Waals surface area contributed by atoms with Crippen LogP contribution in [0.2, 0.25) is 0 Å². The molecular formula is C20H19FN2O4. The zero-order valence-electron chi connectivity index (χ0n) is 14.8. The quantitative estimate of drug-likeness (QED) is 0.895. The lowest BCUT2D eigenvalue weighted by Crippen LogP contribution is -2.45. The highest BCUT2D eigenvalue weighted by Gasteiger charge is 2.41. The van der Waals surface area contributed by atoms with Gasteiger partial charge in [-0.15, -0.1) is 0 Å². The Kier molecular flexibility index (Phi) is 5.49. The summed E-state index contributed by atoms with van der Waals surface area (Å²) >= 11 is 0. The fourth-order valence-electron chi connectivity index (χ4n) is 2.93. The number of rotatable bonds is 4. The molecule has 1 heterocycles. The summed E-state index contributed by atoms with van der Waals surface area (Å²) in [5, 5.41) is 2.65. The number of halogens is 1. The van der Waals surface area contributed by atoms with Gasteiger partial charge in [-0.05, 0) is 42.7 Å². The molecule has 3 amide bonds. The van der Waals surface area contributed by atoms with E-state index in [1.54, 1.807) is 19.1 Å². The van der Waals surface area contributed by atoms with Gasteiger partial charge in [-0.25, -0.2) is 14.1 Å². The first-order chi connectivity index (χ1) is 13.0. The van der Waals surface area contributed by atoms with E-state index >= 15 is 0 Å². The Hall–Kier alpha value is -3.22. The number of carbonyl (C=O) groups excluding carboxylic acids is 3. The number of carbonyl (C=O) groups is 3. The molecule has 140 valence electrons. The van der Waals surface area contributed by atoms with Crippen molar-refractivity contribution in [1.29, 1.82) is 0 Å². The first-order valence-corrected chi connectivity index (χ1v) is 8.55. The second kappa shape index (κ2) is 7.99. The van der Waals surface area contributed by atoms with Crippen molar-refractivity contribution in [2.75, 3.05) is 5.32 Å². The summed E-state index contributed by atoms with van der Waals surface area (Å²) in [6, 6.07) is 12.1. The number of hydrogen-bond donors (Lipinski definition) is 1. The van der Waals surface area contributed by atoms with Crippen LogP contribution in [-0.4, -0.2) is 28.8 Å². The Morgan fingerprint density at radius 1 is 1.22 bits per heavy atom. The van der Waals surface area contributed by atoms with Crippen molar-refractivity contribution in [3.05, 3.63) is 65.5 Å². The smallest absolute Gasteiger partial charge is 0.417 e. The van der Waals surface area contributed by atoms with Gasteiger partial charge in [-0.2, -0.15) is 0 Å². The number of anilines is 1. The number of aryl methyl sites for hydroxylation is 1. The number of nitrogens with one attached hydrogen (secondary N) is 1. The first kappa shape index (κ1) is 18.6. The predicted octanol–water partition coefficient (Wildman–Crippen LogP) is 3.40. The molecule has 0 aromatic heterocycles. The normalized spacial score (nSPS) is 16.3. The maximum Gasteiger partial charge on any atom is 0.417 e. The van der Waals surface area contributed by atoms with Crippen molar-refractivity contribution >= 4 is 23.6 Å². The van der Waals surface area contributed by atoms with Gasteiger partial charge >= 0.3 is 6.09 Å². The van der Waals surface area contributed by atoms with Gasteiger partial charge in [0.05, 0.1) is 0 Å². The molecule has 2 aromatic rings. The maximum atomic E-state index is 13.2. The molecule has 1 N–H and O–H groups in total. The number of nitrogens with zero attached hydrogens (tertiary/aromatic N) is 1. The van der Waals surface area contributed by atoms with E-state index in [-0.39, 0.29) is 19.4 Å². The second-order valence-corrected chi connectivity index (χ2v) is 6.31. The topological polar surface area (TPSA) is 75.7 Å². The molecule has 0 spiro atoms. The van der Waals surface area contributed by atoms with Gasteiger partial charge in [0.25, 0.3) is 0 Å². The van der Waals surface area contributed by atoms with Crippen LogP contribution >= 0.6 is 0 Å².